The average Bonchev–Trinajstić information content (AvgIpc) is 2.61. The summed E-state index contributed by atoms with van der Waals surface area (Å²) in [6.45, 7) is 5.94. The summed E-state index contributed by atoms with van der Waals surface area (Å²) >= 11 is 0. The zero-order valence-corrected chi connectivity index (χ0v) is 15.2. The summed E-state index contributed by atoms with van der Waals surface area (Å²) in [6, 6.07) is 14.0. The molecule has 1 amide bonds. The Morgan fingerprint density at radius 3 is 2.85 bits per heavy atom. The van der Waals surface area contributed by atoms with Crippen molar-refractivity contribution in [3.8, 4) is 5.75 Å². The van der Waals surface area contributed by atoms with Crippen LogP contribution in [0.3, 0.4) is 0 Å². The molecule has 2 aromatic carbocycles. The van der Waals surface area contributed by atoms with Gasteiger partial charge in [0, 0.05) is 19.6 Å². The topological polar surface area (TPSA) is 41.6 Å². The molecule has 0 aliphatic carbocycles. The van der Waals surface area contributed by atoms with Crippen LogP contribution in [-0.4, -0.2) is 36.5 Å². The van der Waals surface area contributed by atoms with Crippen molar-refractivity contribution in [3.05, 3.63) is 65.5 Å². The molecule has 1 heterocycles. The van der Waals surface area contributed by atoms with E-state index in [0.29, 0.717) is 19.5 Å². The number of hydrogen-bond acceptors (Lipinski definition) is 3. The minimum absolute atomic E-state index is 0.0439. The zero-order chi connectivity index (χ0) is 18.5. The minimum atomic E-state index is -0.279. The molecule has 5 heteroatoms. The van der Waals surface area contributed by atoms with E-state index in [0.717, 1.165) is 23.4 Å². The predicted octanol–water partition coefficient (Wildman–Crippen LogP) is 3.33. The highest BCUT2D eigenvalue weighted by Gasteiger charge is 2.28. The third kappa shape index (κ3) is 4.61. The molecule has 0 saturated carbocycles. The number of carbonyl (C=O) groups excluding carboxylic acids is 1. The molecule has 138 valence electrons. The Balaban J connectivity index is 1.75. The van der Waals surface area contributed by atoms with E-state index in [-0.39, 0.29) is 23.9 Å². The summed E-state index contributed by atoms with van der Waals surface area (Å²) < 4.78 is 19.3. The molecule has 0 radical (unpaired) electrons. The van der Waals surface area contributed by atoms with Gasteiger partial charge in [-0.2, -0.15) is 0 Å². The highest BCUT2D eigenvalue weighted by molar-refractivity contribution is 5.79. The van der Waals surface area contributed by atoms with Gasteiger partial charge in [-0.3, -0.25) is 4.79 Å². The summed E-state index contributed by atoms with van der Waals surface area (Å²) in [5, 5.41) is 3.30. The van der Waals surface area contributed by atoms with Crippen molar-refractivity contribution in [3.63, 3.8) is 0 Å². The standard InChI is InChI=1S/C21H25FN2O2/c1-15(2)26-19-8-3-5-16(11-19)12-21(25)24-10-9-23-14-20(24)17-6-4-7-18(22)13-17/h3-8,11,13,15,20,23H,9-10,12,14H2,1-2H3. The van der Waals surface area contributed by atoms with Crippen LogP contribution in [0.15, 0.2) is 48.5 Å². The fourth-order valence-corrected chi connectivity index (χ4v) is 3.29. The number of carbonyl (C=O) groups is 1. The predicted molar refractivity (Wildman–Crippen MR) is 99.6 cm³/mol. The molecule has 4 nitrogen and oxygen atoms in total. The number of rotatable bonds is 5. The minimum Gasteiger partial charge on any atom is -0.491 e. The Kier molecular flexibility index (Phi) is 5.89. The molecule has 1 fully saturated rings. The molecule has 26 heavy (non-hydrogen) atoms. The van der Waals surface area contributed by atoms with Crippen LogP contribution in [0.5, 0.6) is 5.75 Å². The van der Waals surface area contributed by atoms with E-state index in [1.807, 2.05) is 49.1 Å². The Morgan fingerprint density at radius 2 is 2.08 bits per heavy atom. The van der Waals surface area contributed by atoms with Crippen molar-refractivity contribution in [2.45, 2.75) is 32.4 Å². The SMILES string of the molecule is CC(C)Oc1cccc(CC(=O)N2CCNCC2c2cccc(F)c2)c1. The van der Waals surface area contributed by atoms with Crippen molar-refractivity contribution >= 4 is 5.91 Å². The molecular formula is C21H25FN2O2. The maximum atomic E-state index is 13.6. The van der Waals surface area contributed by atoms with Crippen LogP contribution in [-0.2, 0) is 11.2 Å². The van der Waals surface area contributed by atoms with E-state index in [9.17, 15) is 9.18 Å². The molecule has 2 aromatic rings. The molecule has 1 atom stereocenters. The fraction of sp³-hybridized carbons (Fsp3) is 0.381. The molecule has 0 spiro atoms. The monoisotopic (exact) mass is 356 g/mol. The van der Waals surface area contributed by atoms with Crippen LogP contribution in [0.2, 0.25) is 0 Å². The third-order valence-corrected chi connectivity index (χ3v) is 4.42. The maximum absolute atomic E-state index is 13.6. The lowest BCUT2D eigenvalue weighted by Gasteiger charge is -2.36. The molecule has 1 saturated heterocycles. The lowest BCUT2D eigenvalue weighted by Crippen LogP contribution is -2.49. The number of ether oxygens (including phenoxy) is 1. The van der Waals surface area contributed by atoms with Gasteiger partial charge < -0.3 is 15.0 Å². The van der Waals surface area contributed by atoms with Gasteiger partial charge >= 0.3 is 0 Å². The highest BCUT2D eigenvalue weighted by Crippen LogP contribution is 2.24. The summed E-state index contributed by atoms with van der Waals surface area (Å²) in [5.41, 5.74) is 1.74. The maximum Gasteiger partial charge on any atom is 0.227 e. The Bertz CT molecular complexity index is 763. The van der Waals surface area contributed by atoms with Crippen LogP contribution in [0.25, 0.3) is 0 Å². The summed E-state index contributed by atoms with van der Waals surface area (Å²) in [6.07, 6.45) is 0.396. The van der Waals surface area contributed by atoms with Crippen LogP contribution >= 0.6 is 0 Å². The van der Waals surface area contributed by atoms with Crippen LogP contribution in [0, 0.1) is 5.82 Å². The van der Waals surface area contributed by atoms with Crippen molar-refractivity contribution in [2.75, 3.05) is 19.6 Å². The van der Waals surface area contributed by atoms with Crippen LogP contribution in [0.4, 0.5) is 4.39 Å². The third-order valence-electron chi connectivity index (χ3n) is 4.42. The first-order valence-electron chi connectivity index (χ1n) is 9.04. The van der Waals surface area contributed by atoms with Gasteiger partial charge in [-0.1, -0.05) is 24.3 Å². The molecule has 3 rings (SSSR count). The first-order chi connectivity index (χ1) is 12.5. The Labute approximate surface area is 154 Å². The van der Waals surface area contributed by atoms with Crippen molar-refractivity contribution in [1.82, 2.24) is 10.2 Å². The molecular weight excluding hydrogens is 331 g/mol. The van der Waals surface area contributed by atoms with Gasteiger partial charge in [0.25, 0.3) is 0 Å². The normalized spacial score (nSPS) is 17.4. The van der Waals surface area contributed by atoms with Gasteiger partial charge in [-0.05, 0) is 49.2 Å². The van der Waals surface area contributed by atoms with Gasteiger partial charge in [0.05, 0.1) is 18.6 Å². The quantitative estimate of drug-likeness (QED) is 0.893. The fourth-order valence-electron chi connectivity index (χ4n) is 3.29. The number of amides is 1. The Morgan fingerprint density at radius 1 is 1.27 bits per heavy atom. The summed E-state index contributed by atoms with van der Waals surface area (Å²) in [5.74, 6) is 0.536. The van der Waals surface area contributed by atoms with Crippen LogP contribution in [0.1, 0.15) is 31.0 Å². The molecule has 1 aliphatic heterocycles. The van der Waals surface area contributed by atoms with Crippen LogP contribution < -0.4 is 10.1 Å². The number of halogens is 1. The van der Waals surface area contributed by atoms with E-state index >= 15 is 0 Å². The van der Waals surface area contributed by atoms with E-state index in [2.05, 4.69) is 5.32 Å². The van der Waals surface area contributed by atoms with Crippen molar-refractivity contribution < 1.29 is 13.9 Å². The second kappa shape index (κ2) is 8.32. The average molecular weight is 356 g/mol. The van der Waals surface area contributed by atoms with E-state index in [1.165, 1.54) is 12.1 Å². The summed E-state index contributed by atoms with van der Waals surface area (Å²) in [4.78, 5) is 14.8. The van der Waals surface area contributed by atoms with Gasteiger partial charge in [-0.15, -0.1) is 0 Å². The number of benzene rings is 2. The second-order valence-electron chi connectivity index (χ2n) is 6.85. The van der Waals surface area contributed by atoms with Gasteiger partial charge in [0.15, 0.2) is 0 Å². The molecule has 0 aromatic heterocycles. The second-order valence-corrected chi connectivity index (χ2v) is 6.85. The van der Waals surface area contributed by atoms with Gasteiger partial charge in [0.2, 0.25) is 5.91 Å². The highest BCUT2D eigenvalue weighted by atomic mass is 19.1. The van der Waals surface area contributed by atoms with E-state index < -0.39 is 0 Å². The lowest BCUT2D eigenvalue weighted by molar-refractivity contribution is -0.133. The first kappa shape index (κ1) is 18.4. The number of nitrogens with one attached hydrogen (secondary N) is 1. The number of nitrogens with zero attached hydrogens (tertiary/aromatic N) is 1. The smallest absolute Gasteiger partial charge is 0.227 e. The molecule has 0 bridgehead atoms. The number of hydrogen-bond donors (Lipinski definition) is 1. The van der Waals surface area contributed by atoms with Gasteiger partial charge in [0.1, 0.15) is 11.6 Å². The lowest BCUT2D eigenvalue weighted by atomic mass is 10.0. The van der Waals surface area contributed by atoms with Crippen molar-refractivity contribution in [2.24, 2.45) is 0 Å². The number of piperazine rings is 1. The largest absolute Gasteiger partial charge is 0.491 e. The molecule has 1 N–H and O–H groups in total. The first-order valence-corrected chi connectivity index (χ1v) is 9.04. The zero-order valence-electron chi connectivity index (χ0n) is 15.2. The molecule has 1 aliphatic rings. The Hall–Kier alpha value is -2.40. The van der Waals surface area contributed by atoms with Crippen molar-refractivity contribution in [1.29, 1.82) is 0 Å². The van der Waals surface area contributed by atoms with E-state index in [4.69, 9.17) is 4.74 Å². The molecule has 1 unspecified atom stereocenters. The van der Waals surface area contributed by atoms with Gasteiger partial charge in [-0.25, -0.2) is 4.39 Å². The summed E-state index contributed by atoms with van der Waals surface area (Å²) in [7, 11) is 0. The van der Waals surface area contributed by atoms with E-state index in [1.54, 1.807) is 6.07 Å².